The number of nitrogens with zero attached hydrogens (tertiary/aromatic N) is 5. The highest BCUT2D eigenvalue weighted by Gasteiger charge is 2.19. The fourth-order valence-corrected chi connectivity index (χ4v) is 2.57. The van der Waals surface area contributed by atoms with Crippen molar-refractivity contribution in [1.82, 2.24) is 25.1 Å². The van der Waals surface area contributed by atoms with Gasteiger partial charge < -0.3 is 0 Å². The van der Waals surface area contributed by atoms with E-state index in [2.05, 4.69) is 25.5 Å². The highest BCUT2D eigenvalue weighted by atomic mass is 35.5. The zero-order chi connectivity index (χ0) is 17.1. The van der Waals surface area contributed by atoms with E-state index in [0.717, 1.165) is 10.2 Å². The molecule has 0 spiro atoms. The number of hydrogen-bond donors (Lipinski definition) is 1. The van der Waals surface area contributed by atoms with Crippen molar-refractivity contribution in [2.75, 3.05) is 6.26 Å². The van der Waals surface area contributed by atoms with Crippen LogP contribution in [0.3, 0.4) is 0 Å². The molecule has 1 aromatic carbocycles. The van der Waals surface area contributed by atoms with E-state index in [1.54, 1.807) is 24.6 Å². The van der Waals surface area contributed by atoms with Crippen molar-refractivity contribution < 1.29 is 8.78 Å². The van der Waals surface area contributed by atoms with Gasteiger partial charge >= 0.3 is 0 Å². The molecular weight excluding hydrogens is 358 g/mol. The van der Waals surface area contributed by atoms with Gasteiger partial charge in [0.15, 0.2) is 0 Å². The number of alkyl halides is 2. The first-order valence-electron chi connectivity index (χ1n) is 6.71. The van der Waals surface area contributed by atoms with Crippen LogP contribution in [-0.4, -0.2) is 37.5 Å². The number of rotatable bonds is 5. The Kier molecular flexibility index (Phi) is 4.91. The monoisotopic (exact) mass is 368 g/mol. The van der Waals surface area contributed by atoms with E-state index in [4.69, 9.17) is 11.6 Å². The lowest BCUT2D eigenvalue weighted by Crippen LogP contribution is -2.00. The molecule has 0 aliphatic carbocycles. The van der Waals surface area contributed by atoms with E-state index in [9.17, 15) is 8.78 Å². The van der Waals surface area contributed by atoms with E-state index in [1.807, 2.05) is 12.1 Å². The lowest BCUT2D eigenvalue weighted by Gasteiger charge is -2.02. The molecule has 0 radical (unpaired) electrons. The molecule has 0 bridgehead atoms. The van der Waals surface area contributed by atoms with Crippen LogP contribution in [0.2, 0.25) is 5.02 Å². The van der Waals surface area contributed by atoms with Gasteiger partial charge in [0.25, 0.3) is 6.43 Å². The largest absolute Gasteiger partial charge is 0.299 e. The molecule has 3 rings (SSSR count). The Morgan fingerprint density at radius 3 is 2.71 bits per heavy atom. The first-order valence-corrected chi connectivity index (χ1v) is 8.31. The summed E-state index contributed by atoms with van der Waals surface area (Å²) in [7, 11) is 0. The van der Waals surface area contributed by atoms with Crippen molar-refractivity contribution in [3.05, 3.63) is 46.9 Å². The van der Waals surface area contributed by atoms with Crippen LogP contribution in [0.5, 0.6) is 0 Å². The number of halogens is 3. The second-order valence-corrected chi connectivity index (χ2v) is 5.82. The summed E-state index contributed by atoms with van der Waals surface area (Å²) in [5.74, 6) is -0.507. The fraction of sp³-hybridized carbons (Fsp3) is 0.143. The molecule has 124 valence electrons. The summed E-state index contributed by atoms with van der Waals surface area (Å²) in [6.45, 7) is 0. The molecule has 0 aliphatic heterocycles. The third-order valence-electron chi connectivity index (χ3n) is 3.13. The Labute approximate surface area is 144 Å². The molecule has 2 heterocycles. The minimum Gasteiger partial charge on any atom is -0.277 e. The minimum absolute atomic E-state index is 0.276. The van der Waals surface area contributed by atoms with Crippen molar-refractivity contribution >= 4 is 29.6 Å². The Bertz CT molecular complexity index is 859. The van der Waals surface area contributed by atoms with Gasteiger partial charge in [-0.1, -0.05) is 35.5 Å². The molecule has 0 saturated carbocycles. The molecule has 0 atom stereocenters. The van der Waals surface area contributed by atoms with Crippen molar-refractivity contribution in [3.8, 4) is 11.3 Å². The molecule has 6 nitrogen and oxygen atoms in total. The second-order valence-electron chi connectivity index (χ2n) is 4.61. The van der Waals surface area contributed by atoms with Gasteiger partial charge in [0, 0.05) is 16.1 Å². The average molecular weight is 369 g/mol. The number of benzene rings is 1. The van der Waals surface area contributed by atoms with Crippen LogP contribution in [0.25, 0.3) is 11.3 Å². The predicted octanol–water partition coefficient (Wildman–Crippen LogP) is 3.86. The van der Waals surface area contributed by atoms with Gasteiger partial charge in [0.2, 0.25) is 11.0 Å². The van der Waals surface area contributed by atoms with Crippen LogP contribution in [-0.2, 0) is 0 Å². The maximum atomic E-state index is 13.0. The van der Waals surface area contributed by atoms with Gasteiger partial charge in [-0.15, -0.1) is 10.2 Å². The molecule has 24 heavy (non-hydrogen) atoms. The van der Waals surface area contributed by atoms with Crippen LogP contribution in [0.1, 0.15) is 17.8 Å². The Morgan fingerprint density at radius 1 is 1.29 bits per heavy atom. The Hall–Kier alpha value is -2.26. The molecule has 3 aromatic rings. The van der Waals surface area contributed by atoms with Crippen molar-refractivity contribution in [3.63, 3.8) is 0 Å². The summed E-state index contributed by atoms with van der Waals surface area (Å²) in [4.78, 5) is 0. The topological polar surface area (TPSA) is 71.8 Å². The van der Waals surface area contributed by atoms with Gasteiger partial charge in [-0.3, -0.25) is 5.10 Å². The number of thioether (sulfide) groups is 1. The molecule has 10 heteroatoms. The standard InChI is InChI=1S/C14H11ClF2N6S/c1-24-14-22-21-13(12(16)17)23(14)19-7-9-6-18-20-11(9)8-2-4-10(15)5-3-8/h2-7,12H,1H3,(H,18,20)/b19-7-. The lowest BCUT2D eigenvalue weighted by molar-refractivity contribution is 0.135. The molecule has 0 amide bonds. The quantitative estimate of drug-likeness (QED) is 0.548. The van der Waals surface area contributed by atoms with Gasteiger partial charge in [0.05, 0.1) is 18.1 Å². The van der Waals surface area contributed by atoms with E-state index >= 15 is 0 Å². The zero-order valence-corrected chi connectivity index (χ0v) is 13.9. The molecule has 0 unspecified atom stereocenters. The van der Waals surface area contributed by atoms with E-state index in [1.165, 1.54) is 18.0 Å². The number of aromatic amines is 1. The van der Waals surface area contributed by atoms with E-state index in [0.29, 0.717) is 16.3 Å². The molecule has 0 saturated heterocycles. The third kappa shape index (κ3) is 3.31. The summed E-state index contributed by atoms with van der Waals surface area (Å²) < 4.78 is 27.0. The van der Waals surface area contributed by atoms with Gasteiger partial charge in [-0.05, 0) is 18.4 Å². The SMILES string of the molecule is CSc1nnc(C(F)F)n1/N=C\c1cn[nH]c1-c1ccc(Cl)cc1. The summed E-state index contributed by atoms with van der Waals surface area (Å²) in [5.41, 5.74) is 2.19. The van der Waals surface area contributed by atoms with Crippen molar-refractivity contribution in [2.45, 2.75) is 11.6 Å². The van der Waals surface area contributed by atoms with Crippen LogP contribution < -0.4 is 0 Å². The zero-order valence-electron chi connectivity index (χ0n) is 12.3. The number of hydrogen-bond acceptors (Lipinski definition) is 5. The van der Waals surface area contributed by atoms with Crippen molar-refractivity contribution in [1.29, 1.82) is 0 Å². The fourth-order valence-electron chi connectivity index (χ4n) is 2.01. The van der Waals surface area contributed by atoms with Crippen LogP contribution in [0, 0.1) is 0 Å². The smallest absolute Gasteiger partial charge is 0.277 e. The Balaban J connectivity index is 1.96. The van der Waals surface area contributed by atoms with Crippen molar-refractivity contribution in [2.24, 2.45) is 5.10 Å². The minimum atomic E-state index is -2.77. The van der Waals surface area contributed by atoms with Crippen LogP contribution in [0.4, 0.5) is 8.78 Å². The average Bonchev–Trinajstić information content (AvgIpc) is 3.19. The molecule has 2 aromatic heterocycles. The first-order chi connectivity index (χ1) is 11.6. The van der Waals surface area contributed by atoms with Crippen LogP contribution in [0.15, 0.2) is 40.7 Å². The van der Waals surface area contributed by atoms with E-state index in [-0.39, 0.29) is 5.16 Å². The summed E-state index contributed by atoms with van der Waals surface area (Å²) in [6, 6.07) is 7.14. The molecule has 0 aliphatic rings. The van der Waals surface area contributed by atoms with Gasteiger partial charge in [0.1, 0.15) is 0 Å². The highest BCUT2D eigenvalue weighted by molar-refractivity contribution is 7.98. The maximum Gasteiger partial charge on any atom is 0.299 e. The number of aromatic nitrogens is 5. The molecule has 1 N–H and O–H groups in total. The second kappa shape index (κ2) is 7.10. The number of nitrogens with one attached hydrogen (secondary N) is 1. The summed E-state index contributed by atoms with van der Waals surface area (Å²) >= 11 is 7.06. The lowest BCUT2D eigenvalue weighted by atomic mass is 10.1. The maximum absolute atomic E-state index is 13.0. The first kappa shape index (κ1) is 16.6. The summed E-state index contributed by atoms with van der Waals surface area (Å²) in [6.07, 6.45) is 1.93. The molecule has 0 fully saturated rings. The van der Waals surface area contributed by atoms with Gasteiger partial charge in [-0.2, -0.15) is 14.9 Å². The van der Waals surface area contributed by atoms with E-state index < -0.39 is 12.2 Å². The number of H-pyrrole nitrogens is 1. The predicted molar refractivity (Wildman–Crippen MR) is 88.8 cm³/mol. The highest BCUT2D eigenvalue weighted by Crippen LogP contribution is 2.24. The normalized spacial score (nSPS) is 11.7. The molecular formula is C14H11ClF2N6S. The van der Waals surface area contributed by atoms with Gasteiger partial charge in [-0.25, -0.2) is 8.78 Å². The van der Waals surface area contributed by atoms with Crippen LogP contribution >= 0.6 is 23.4 Å². The third-order valence-corrected chi connectivity index (χ3v) is 4.00. The Morgan fingerprint density at radius 2 is 2.04 bits per heavy atom. The summed E-state index contributed by atoms with van der Waals surface area (Å²) in [5, 5.41) is 19.0.